The Balaban J connectivity index is 1.91. The van der Waals surface area contributed by atoms with Crippen LogP contribution in [-0.4, -0.2) is 6.04 Å². The standard InChI is InChI=1S/C13H19N/c1-11-6-5-9-13(10-11)14-12-7-3-2-4-8-12/h2-4,7-8,11,13-14H,5-6,9-10H2,1H3/t11-,13+/m0/s1. The average Bonchev–Trinajstić information content (AvgIpc) is 2.19. The van der Waals surface area contributed by atoms with Gasteiger partial charge in [0, 0.05) is 11.7 Å². The number of nitrogens with one attached hydrogen (secondary N) is 1. The Bertz CT molecular complexity index is 268. The molecule has 1 N–H and O–H groups in total. The minimum absolute atomic E-state index is 0.696. The predicted molar refractivity (Wildman–Crippen MR) is 61.5 cm³/mol. The Hall–Kier alpha value is -0.980. The Morgan fingerprint density at radius 2 is 1.93 bits per heavy atom. The molecule has 1 aliphatic rings. The summed E-state index contributed by atoms with van der Waals surface area (Å²) in [5.74, 6) is 0.893. The Labute approximate surface area is 86.5 Å². The van der Waals surface area contributed by atoms with Crippen molar-refractivity contribution in [3.8, 4) is 0 Å². The van der Waals surface area contributed by atoms with E-state index in [4.69, 9.17) is 0 Å². The summed E-state index contributed by atoms with van der Waals surface area (Å²) in [6, 6.07) is 11.2. The van der Waals surface area contributed by atoms with E-state index in [2.05, 4.69) is 42.6 Å². The first-order valence-corrected chi connectivity index (χ1v) is 5.66. The van der Waals surface area contributed by atoms with E-state index in [1.54, 1.807) is 0 Å². The molecule has 0 unspecified atom stereocenters. The smallest absolute Gasteiger partial charge is 0.0342 e. The van der Waals surface area contributed by atoms with Crippen LogP contribution < -0.4 is 5.32 Å². The van der Waals surface area contributed by atoms with E-state index in [0.717, 1.165) is 5.92 Å². The highest BCUT2D eigenvalue weighted by Crippen LogP contribution is 2.25. The minimum Gasteiger partial charge on any atom is -0.382 e. The molecule has 76 valence electrons. The average molecular weight is 189 g/mol. The van der Waals surface area contributed by atoms with Crippen LogP contribution in [0.15, 0.2) is 30.3 Å². The van der Waals surface area contributed by atoms with Crippen LogP contribution in [0.5, 0.6) is 0 Å². The van der Waals surface area contributed by atoms with Crippen LogP contribution >= 0.6 is 0 Å². The molecule has 0 radical (unpaired) electrons. The summed E-state index contributed by atoms with van der Waals surface area (Å²) in [7, 11) is 0. The van der Waals surface area contributed by atoms with Crippen LogP contribution in [0.4, 0.5) is 5.69 Å². The third-order valence-corrected chi connectivity index (χ3v) is 3.08. The summed E-state index contributed by atoms with van der Waals surface area (Å²) >= 11 is 0. The van der Waals surface area contributed by atoms with Gasteiger partial charge < -0.3 is 5.32 Å². The maximum atomic E-state index is 3.61. The molecule has 0 bridgehead atoms. The van der Waals surface area contributed by atoms with Crippen molar-refractivity contribution in [3.05, 3.63) is 30.3 Å². The van der Waals surface area contributed by atoms with Crippen LogP contribution in [0.1, 0.15) is 32.6 Å². The number of rotatable bonds is 2. The van der Waals surface area contributed by atoms with E-state index < -0.39 is 0 Å². The Morgan fingerprint density at radius 1 is 1.14 bits per heavy atom. The van der Waals surface area contributed by atoms with Gasteiger partial charge in [-0.15, -0.1) is 0 Å². The number of hydrogen-bond donors (Lipinski definition) is 1. The highest BCUT2D eigenvalue weighted by molar-refractivity contribution is 5.43. The lowest BCUT2D eigenvalue weighted by atomic mass is 9.87. The highest BCUT2D eigenvalue weighted by Gasteiger charge is 2.18. The van der Waals surface area contributed by atoms with Gasteiger partial charge in [0.1, 0.15) is 0 Å². The van der Waals surface area contributed by atoms with Gasteiger partial charge in [0.05, 0.1) is 0 Å². The highest BCUT2D eigenvalue weighted by atomic mass is 14.9. The van der Waals surface area contributed by atoms with E-state index in [-0.39, 0.29) is 0 Å². The third kappa shape index (κ3) is 2.50. The van der Waals surface area contributed by atoms with Crippen LogP contribution in [0.3, 0.4) is 0 Å². The monoisotopic (exact) mass is 189 g/mol. The quantitative estimate of drug-likeness (QED) is 0.748. The molecule has 1 aromatic rings. The molecule has 1 aromatic carbocycles. The zero-order valence-corrected chi connectivity index (χ0v) is 8.87. The molecule has 2 atom stereocenters. The van der Waals surface area contributed by atoms with E-state index in [0.29, 0.717) is 6.04 Å². The van der Waals surface area contributed by atoms with Crippen LogP contribution in [0.25, 0.3) is 0 Å². The molecule has 0 aromatic heterocycles. The lowest BCUT2D eigenvalue weighted by Crippen LogP contribution is -2.26. The maximum absolute atomic E-state index is 3.61. The van der Waals surface area contributed by atoms with Gasteiger partial charge in [0.15, 0.2) is 0 Å². The maximum Gasteiger partial charge on any atom is 0.0342 e. The van der Waals surface area contributed by atoms with E-state index >= 15 is 0 Å². The van der Waals surface area contributed by atoms with Gasteiger partial charge in [0.25, 0.3) is 0 Å². The molecule has 1 heteroatoms. The van der Waals surface area contributed by atoms with Crippen LogP contribution in [0, 0.1) is 5.92 Å². The first-order valence-electron chi connectivity index (χ1n) is 5.66. The van der Waals surface area contributed by atoms with Gasteiger partial charge in [-0.05, 0) is 30.9 Å². The fourth-order valence-electron chi connectivity index (χ4n) is 2.34. The van der Waals surface area contributed by atoms with Crippen molar-refractivity contribution < 1.29 is 0 Å². The second-order valence-electron chi connectivity index (χ2n) is 4.48. The normalized spacial score (nSPS) is 27.2. The molecule has 1 saturated carbocycles. The molecule has 0 spiro atoms. The predicted octanol–water partition coefficient (Wildman–Crippen LogP) is 3.68. The van der Waals surface area contributed by atoms with E-state index in [1.807, 2.05) is 0 Å². The molecule has 14 heavy (non-hydrogen) atoms. The summed E-state index contributed by atoms with van der Waals surface area (Å²) in [4.78, 5) is 0. The second kappa shape index (κ2) is 4.50. The van der Waals surface area contributed by atoms with Gasteiger partial charge in [-0.3, -0.25) is 0 Å². The number of anilines is 1. The molecule has 1 aliphatic carbocycles. The van der Waals surface area contributed by atoms with Gasteiger partial charge in [-0.1, -0.05) is 38.0 Å². The molecule has 0 saturated heterocycles. The van der Waals surface area contributed by atoms with Crippen molar-refractivity contribution in [2.45, 2.75) is 38.6 Å². The first-order chi connectivity index (χ1) is 6.84. The van der Waals surface area contributed by atoms with Gasteiger partial charge in [-0.2, -0.15) is 0 Å². The van der Waals surface area contributed by atoms with E-state index in [1.165, 1.54) is 31.4 Å². The van der Waals surface area contributed by atoms with Gasteiger partial charge >= 0.3 is 0 Å². The number of hydrogen-bond acceptors (Lipinski definition) is 1. The summed E-state index contributed by atoms with van der Waals surface area (Å²) in [5, 5.41) is 3.61. The SMILES string of the molecule is C[C@H]1CCC[C@@H](Nc2ccccc2)C1. The lowest BCUT2D eigenvalue weighted by molar-refractivity contribution is 0.358. The topological polar surface area (TPSA) is 12.0 Å². The summed E-state index contributed by atoms with van der Waals surface area (Å²) in [6.07, 6.45) is 5.45. The van der Waals surface area contributed by atoms with Crippen LogP contribution in [0.2, 0.25) is 0 Å². The second-order valence-corrected chi connectivity index (χ2v) is 4.48. The van der Waals surface area contributed by atoms with Crippen LogP contribution in [-0.2, 0) is 0 Å². The molecule has 0 aliphatic heterocycles. The van der Waals surface area contributed by atoms with Gasteiger partial charge in [0.2, 0.25) is 0 Å². The lowest BCUT2D eigenvalue weighted by Gasteiger charge is -2.28. The third-order valence-electron chi connectivity index (χ3n) is 3.08. The van der Waals surface area contributed by atoms with Crippen molar-refractivity contribution in [3.63, 3.8) is 0 Å². The minimum atomic E-state index is 0.696. The largest absolute Gasteiger partial charge is 0.382 e. The van der Waals surface area contributed by atoms with Crippen molar-refractivity contribution >= 4 is 5.69 Å². The first kappa shape index (κ1) is 9.57. The summed E-state index contributed by atoms with van der Waals surface area (Å²) in [6.45, 7) is 2.36. The van der Waals surface area contributed by atoms with E-state index in [9.17, 15) is 0 Å². The molecular weight excluding hydrogens is 170 g/mol. The number of para-hydroxylation sites is 1. The molecule has 1 fully saturated rings. The van der Waals surface area contributed by atoms with Crippen molar-refractivity contribution in [2.24, 2.45) is 5.92 Å². The fourth-order valence-corrected chi connectivity index (χ4v) is 2.34. The number of benzene rings is 1. The van der Waals surface area contributed by atoms with Crippen molar-refractivity contribution in [2.75, 3.05) is 5.32 Å². The Morgan fingerprint density at radius 3 is 2.64 bits per heavy atom. The summed E-state index contributed by atoms with van der Waals surface area (Å²) < 4.78 is 0. The Kier molecular flexibility index (Phi) is 3.07. The molecule has 0 amide bonds. The molecular formula is C13H19N. The van der Waals surface area contributed by atoms with Crippen molar-refractivity contribution in [1.29, 1.82) is 0 Å². The summed E-state index contributed by atoms with van der Waals surface area (Å²) in [5.41, 5.74) is 1.27. The molecule has 1 nitrogen and oxygen atoms in total. The van der Waals surface area contributed by atoms with Crippen molar-refractivity contribution in [1.82, 2.24) is 0 Å². The fraction of sp³-hybridized carbons (Fsp3) is 0.538. The zero-order valence-electron chi connectivity index (χ0n) is 8.87. The van der Waals surface area contributed by atoms with Gasteiger partial charge in [-0.25, -0.2) is 0 Å². The molecule has 0 heterocycles. The molecule has 2 rings (SSSR count). The zero-order chi connectivity index (χ0) is 9.80.